The van der Waals surface area contributed by atoms with Crippen molar-refractivity contribution in [3.05, 3.63) is 45.5 Å². The molecule has 3 aliphatic rings. The molecule has 0 radical (unpaired) electrons. The number of phenolic OH excluding ortho intramolecular Hbond substituents is 2. The number of benzene rings is 2. The van der Waals surface area contributed by atoms with Crippen molar-refractivity contribution in [2.75, 3.05) is 34.4 Å². The number of piperazine rings is 1. The first kappa shape index (κ1) is 28.5. The largest absolute Gasteiger partial charge is 0.504 e. The van der Waals surface area contributed by atoms with Crippen LogP contribution in [-0.4, -0.2) is 84.4 Å². The van der Waals surface area contributed by atoms with E-state index in [1.165, 1.54) is 21.1 Å². The van der Waals surface area contributed by atoms with Gasteiger partial charge < -0.3 is 29.7 Å². The summed E-state index contributed by atoms with van der Waals surface area (Å²) < 4.78 is 16.0. The average molecular weight is 565 g/mol. The van der Waals surface area contributed by atoms with Crippen molar-refractivity contribution in [3.63, 3.8) is 0 Å². The topological polar surface area (TPSA) is 145 Å². The minimum atomic E-state index is -0.598. The molecule has 11 nitrogen and oxygen atoms in total. The van der Waals surface area contributed by atoms with Crippen molar-refractivity contribution in [2.45, 2.75) is 63.8 Å². The second kappa shape index (κ2) is 10.8. The van der Waals surface area contributed by atoms with Crippen molar-refractivity contribution >= 4 is 11.9 Å². The molecular weight excluding hydrogens is 528 g/mol. The fourth-order valence-electron chi connectivity index (χ4n) is 7.24. The summed E-state index contributed by atoms with van der Waals surface area (Å²) in [5.41, 5.74) is 4.80. The molecule has 2 unspecified atom stereocenters. The van der Waals surface area contributed by atoms with Crippen molar-refractivity contribution in [3.8, 4) is 29.1 Å². The number of hydrogen-bond acceptors (Lipinski definition) is 10. The highest BCUT2D eigenvalue weighted by Gasteiger charge is 2.55. The Morgan fingerprint density at radius 2 is 1.59 bits per heavy atom. The third-order valence-corrected chi connectivity index (χ3v) is 8.81. The van der Waals surface area contributed by atoms with E-state index in [1.54, 1.807) is 0 Å². The zero-order valence-electron chi connectivity index (χ0n) is 24.1. The molecule has 2 bridgehead atoms. The van der Waals surface area contributed by atoms with Gasteiger partial charge in [-0.25, -0.2) is 0 Å². The summed E-state index contributed by atoms with van der Waals surface area (Å²) in [6, 6.07) is 4.56. The SMILES string of the molecule is COc1c(C)cc2c(c1O)C1[C@@H]3Cc4cc(C)c(OC)c(O)c4C(CNC(=O)COC(C)=O)N3[C@@H](C#N)[C@H](C2)N1C. The average Bonchev–Trinajstić information content (AvgIpc) is 2.91. The number of amides is 1. The van der Waals surface area contributed by atoms with E-state index in [0.29, 0.717) is 29.9 Å². The van der Waals surface area contributed by atoms with Crippen molar-refractivity contribution in [1.82, 2.24) is 15.1 Å². The standard InChI is InChI=1S/C30H36N4O7/c1-14-7-17-10-20-26-25-18(8-15(2)30(40-6)28(25)38)9-19(33(26)4)21(11-31)34(20)22(24(17)27(37)29(14)39-5)12-32-23(36)13-41-16(3)35/h7-8,19-22,26,37-38H,9-10,12-13H2,1-6H3,(H,32,36)/t19-,20-,21-,22?,26?/m0/s1. The molecule has 1 fully saturated rings. The lowest BCUT2D eigenvalue weighted by atomic mass is 9.72. The van der Waals surface area contributed by atoms with E-state index >= 15 is 0 Å². The minimum Gasteiger partial charge on any atom is -0.504 e. The minimum absolute atomic E-state index is 0.0264. The fraction of sp³-hybridized carbons (Fsp3) is 0.500. The third kappa shape index (κ3) is 4.51. The van der Waals surface area contributed by atoms with Crippen LogP contribution in [0.1, 0.15) is 52.4 Å². The number of ether oxygens (including phenoxy) is 3. The molecule has 5 rings (SSSR count). The van der Waals surface area contributed by atoms with Crippen LogP contribution >= 0.6 is 0 Å². The molecule has 218 valence electrons. The lowest BCUT2D eigenvalue weighted by Crippen LogP contribution is -2.68. The molecule has 2 aromatic rings. The molecule has 5 atom stereocenters. The maximum atomic E-state index is 12.6. The van der Waals surface area contributed by atoms with Crippen LogP contribution in [0.3, 0.4) is 0 Å². The molecule has 0 saturated carbocycles. The number of aromatic hydroxyl groups is 2. The van der Waals surface area contributed by atoms with Crippen LogP contribution in [0, 0.1) is 25.2 Å². The highest BCUT2D eigenvalue weighted by atomic mass is 16.5. The number of carbonyl (C=O) groups is 2. The highest BCUT2D eigenvalue weighted by Crippen LogP contribution is 2.55. The molecule has 41 heavy (non-hydrogen) atoms. The summed E-state index contributed by atoms with van der Waals surface area (Å²) in [4.78, 5) is 28.1. The summed E-state index contributed by atoms with van der Waals surface area (Å²) in [5.74, 6) is -0.228. The Hall–Kier alpha value is -4.01. The van der Waals surface area contributed by atoms with E-state index < -0.39 is 30.6 Å². The van der Waals surface area contributed by atoms with Gasteiger partial charge >= 0.3 is 5.97 Å². The third-order valence-electron chi connectivity index (χ3n) is 8.81. The number of fused-ring (bicyclic) bond motifs is 7. The number of nitrogens with zero attached hydrogens (tertiary/aromatic N) is 3. The predicted octanol–water partition coefficient (Wildman–Crippen LogP) is 2.18. The number of rotatable bonds is 6. The summed E-state index contributed by atoms with van der Waals surface area (Å²) in [7, 11) is 5.00. The van der Waals surface area contributed by atoms with Crippen molar-refractivity contribution in [2.24, 2.45) is 0 Å². The molecule has 0 aromatic heterocycles. The van der Waals surface area contributed by atoms with E-state index in [0.717, 1.165) is 27.8 Å². The molecule has 3 heterocycles. The molecule has 0 aliphatic carbocycles. The summed E-state index contributed by atoms with van der Waals surface area (Å²) in [6.07, 6.45) is 1.02. The van der Waals surface area contributed by atoms with Crippen molar-refractivity contribution < 1.29 is 34.0 Å². The van der Waals surface area contributed by atoms with E-state index in [2.05, 4.69) is 21.2 Å². The van der Waals surface area contributed by atoms with Gasteiger partial charge in [0.25, 0.3) is 5.91 Å². The van der Waals surface area contributed by atoms with Gasteiger partial charge in [-0.05, 0) is 56.0 Å². The number of nitriles is 1. The summed E-state index contributed by atoms with van der Waals surface area (Å²) in [6.45, 7) is 4.60. The van der Waals surface area contributed by atoms with Gasteiger partial charge in [-0.15, -0.1) is 0 Å². The maximum absolute atomic E-state index is 12.6. The lowest BCUT2D eigenvalue weighted by molar-refractivity contribution is -0.146. The second-order valence-corrected chi connectivity index (χ2v) is 11.1. The Bertz CT molecular complexity index is 1450. The lowest BCUT2D eigenvalue weighted by Gasteiger charge is -2.60. The van der Waals surface area contributed by atoms with Crippen LogP contribution in [0.15, 0.2) is 12.1 Å². The summed E-state index contributed by atoms with van der Waals surface area (Å²) >= 11 is 0. The Morgan fingerprint density at radius 1 is 1.02 bits per heavy atom. The maximum Gasteiger partial charge on any atom is 0.303 e. The Morgan fingerprint density at radius 3 is 2.15 bits per heavy atom. The predicted molar refractivity (Wildman–Crippen MR) is 148 cm³/mol. The van der Waals surface area contributed by atoms with Crippen molar-refractivity contribution in [1.29, 1.82) is 5.26 Å². The monoisotopic (exact) mass is 564 g/mol. The molecule has 11 heteroatoms. The van der Waals surface area contributed by atoms with E-state index in [-0.39, 0.29) is 36.2 Å². The Kier molecular flexibility index (Phi) is 7.48. The van der Waals surface area contributed by atoms with E-state index in [1.807, 2.05) is 33.0 Å². The van der Waals surface area contributed by atoms with Gasteiger partial charge in [0, 0.05) is 36.7 Å². The molecule has 0 spiro atoms. The molecule has 1 amide bonds. The first-order valence-corrected chi connectivity index (χ1v) is 13.6. The van der Waals surface area contributed by atoms with Crippen LogP contribution in [0.5, 0.6) is 23.0 Å². The molecule has 1 saturated heterocycles. The normalized spacial score (nSPS) is 24.8. The number of phenols is 2. The number of methoxy groups -OCH3 is 2. The Labute approximate surface area is 239 Å². The number of likely N-dealkylation sites (N-methyl/N-ethyl adjacent to an activating group) is 1. The first-order valence-electron chi connectivity index (χ1n) is 13.6. The number of hydrogen-bond donors (Lipinski definition) is 3. The second-order valence-electron chi connectivity index (χ2n) is 11.1. The van der Waals surface area contributed by atoms with Gasteiger partial charge in [0.2, 0.25) is 0 Å². The zero-order chi connectivity index (χ0) is 29.7. The number of aryl methyl sites for hydroxylation is 2. The van der Waals surface area contributed by atoms with Crippen LogP contribution < -0.4 is 14.8 Å². The van der Waals surface area contributed by atoms with Gasteiger partial charge in [0.15, 0.2) is 29.6 Å². The summed E-state index contributed by atoms with van der Waals surface area (Å²) in [5, 5.41) is 36.3. The number of nitrogens with one attached hydrogen (secondary N) is 1. The van der Waals surface area contributed by atoms with Gasteiger partial charge in [0.1, 0.15) is 6.04 Å². The van der Waals surface area contributed by atoms with Crippen LogP contribution in [0.4, 0.5) is 0 Å². The molecular formula is C30H36N4O7. The quantitative estimate of drug-likeness (QED) is 0.447. The van der Waals surface area contributed by atoms with Gasteiger partial charge in [-0.2, -0.15) is 5.26 Å². The smallest absolute Gasteiger partial charge is 0.303 e. The first-order chi connectivity index (χ1) is 19.5. The molecule has 3 N–H and O–H groups in total. The molecule has 2 aromatic carbocycles. The van der Waals surface area contributed by atoms with Gasteiger partial charge in [0.05, 0.1) is 32.4 Å². The highest BCUT2D eigenvalue weighted by molar-refractivity contribution is 5.80. The number of esters is 1. The Balaban J connectivity index is 1.67. The van der Waals surface area contributed by atoms with Gasteiger partial charge in [-0.3, -0.25) is 19.4 Å². The van der Waals surface area contributed by atoms with E-state index in [9.17, 15) is 25.1 Å². The van der Waals surface area contributed by atoms with Crippen LogP contribution in [0.25, 0.3) is 0 Å². The fourth-order valence-corrected chi connectivity index (χ4v) is 7.24. The zero-order valence-corrected chi connectivity index (χ0v) is 24.1. The number of carbonyl (C=O) groups excluding carboxylic acids is 2. The molecule has 3 aliphatic heterocycles. The van der Waals surface area contributed by atoms with E-state index in [4.69, 9.17) is 14.2 Å². The van der Waals surface area contributed by atoms with Gasteiger partial charge in [-0.1, -0.05) is 12.1 Å². The van der Waals surface area contributed by atoms with Crippen LogP contribution in [0.2, 0.25) is 0 Å². The van der Waals surface area contributed by atoms with Crippen LogP contribution in [-0.2, 0) is 27.2 Å².